The zero-order valence-electron chi connectivity index (χ0n) is 42.4. The van der Waals surface area contributed by atoms with Gasteiger partial charge in [0.05, 0.1) is 42.4 Å². The number of hydrogen-bond acceptors (Lipinski definition) is 14. The van der Waals surface area contributed by atoms with Gasteiger partial charge in [-0.25, -0.2) is 18.1 Å². The van der Waals surface area contributed by atoms with Crippen molar-refractivity contribution in [2.45, 2.75) is 115 Å². The minimum absolute atomic E-state index is 0.0528. The third-order valence-electron chi connectivity index (χ3n) is 13.9. The maximum absolute atomic E-state index is 15.2. The lowest BCUT2D eigenvalue weighted by Crippen LogP contribution is -2.59. The normalized spacial score (nSPS) is 20.2. The molecule has 0 spiro atoms. The molecule has 0 bridgehead atoms. The highest BCUT2D eigenvalue weighted by atomic mass is 32.1. The van der Waals surface area contributed by atoms with Gasteiger partial charge in [0.1, 0.15) is 12.1 Å². The van der Waals surface area contributed by atoms with Crippen LogP contribution in [0.3, 0.4) is 0 Å². The minimum Gasteiger partial charge on any atom is -0.480 e. The van der Waals surface area contributed by atoms with Gasteiger partial charge >= 0.3 is 0 Å². The smallest absolute Gasteiger partial charge is 0.258 e. The Morgan fingerprint density at radius 2 is 1.73 bits per heavy atom. The van der Waals surface area contributed by atoms with Crippen molar-refractivity contribution in [3.63, 3.8) is 0 Å². The fourth-order valence-corrected chi connectivity index (χ4v) is 11.1. The number of aliphatic hydroxyl groups is 1. The number of thiazole rings is 1. The van der Waals surface area contributed by atoms with Crippen molar-refractivity contribution in [3.8, 4) is 27.4 Å². The van der Waals surface area contributed by atoms with Crippen molar-refractivity contribution in [1.82, 2.24) is 40.4 Å². The number of piperidine rings is 1. The largest absolute Gasteiger partial charge is 0.480 e. The number of nitrogens with one attached hydrogen (secondary N) is 4. The molecular weight excluding hydrogens is 1020 g/mol. The topological polar surface area (TPSA) is 225 Å². The second-order valence-electron chi connectivity index (χ2n) is 20.7. The predicted molar refractivity (Wildman–Crippen MR) is 274 cm³/mol. The second-order valence-corrected chi connectivity index (χ2v) is 22.3. The van der Waals surface area contributed by atoms with Crippen LogP contribution in [0, 0.1) is 24.0 Å². The first-order chi connectivity index (χ1) is 35.8. The van der Waals surface area contributed by atoms with Crippen molar-refractivity contribution in [1.29, 1.82) is 0 Å². The summed E-state index contributed by atoms with van der Waals surface area (Å²) in [5, 5.41) is 24.4. The first kappa shape index (κ1) is 55.1. The van der Waals surface area contributed by atoms with Crippen LogP contribution >= 0.6 is 22.9 Å². The molecule has 23 heteroatoms. The van der Waals surface area contributed by atoms with Gasteiger partial charge in [0.2, 0.25) is 29.4 Å². The molecule has 2 aromatic heterocycles. The van der Waals surface area contributed by atoms with Crippen LogP contribution in [0.25, 0.3) is 21.7 Å². The molecule has 0 radical (unpaired) electrons. The quantitative estimate of drug-likeness (QED) is 0.0785. The molecule has 1 saturated carbocycles. The van der Waals surface area contributed by atoms with E-state index in [1.165, 1.54) is 33.8 Å². The summed E-state index contributed by atoms with van der Waals surface area (Å²) >= 11 is 2.69. The lowest BCUT2D eigenvalue weighted by Gasteiger charge is -2.36. The molecule has 4 aromatic rings. The van der Waals surface area contributed by atoms with Gasteiger partial charge in [-0.1, -0.05) is 45.0 Å². The van der Waals surface area contributed by atoms with E-state index in [9.17, 15) is 42.7 Å². The molecule has 75 heavy (non-hydrogen) atoms. The maximum Gasteiger partial charge on any atom is 0.258 e. The number of likely N-dealkylation sites (tertiary alicyclic amines) is 2. The van der Waals surface area contributed by atoms with Crippen molar-refractivity contribution >= 4 is 63.4 Å². The molecule has 404 valence electrons. The average molecular weight is 1080 g/mol. The fraction of sp³-hybridized carbons (Fsp3) is 0.538. The molecule has 4 fully saturated rings. The predicted octanol–water partition coefficient (Wildman–Crippen LogP) is 4.98. The van der Waals surface area contributed by atoms with Gasteiger partial charge in [-0.05, 0) is 84.8 Å². The summed E-state index contributed by atoms with van der Waals surface area (Å²) in [6, 6.07) is 5.98. The number of rotatable bonds is 19. The van der Waals surface area contributed by atoms with Gasteiger partial charge in [0, 0.05) is 75.3 Å². The number of morpholine rings is 1. The molecule has 5 atom stereocenters. The number of alkyl halides is 1. The van der Waals surface area contributed by atoms with Gasteiger partial charge in [0.15, 0.2) is 29.0 Å². The van der Waals surface area contributed by atoms with Crippen LogP contribution in [-0.2, 0) is 33.5 Å². The number of hydrogen-bond donors (Lipinski definition) is 5. The van der Waals surface area contributed by atoms with Crippen molar-refractivity contribution < 1.29 is 56.5 Å². The van der Waals surface area contributed by atoms with Crippen LogP contribution in [0.2, 0.25) is 0 Å². The highest BCUT2D eigenvalue weighted by Gasteiger charge is 2.53. The minimum atomic E-state index is -2.04. The lowest BCUT2D eigenvalue weighted by atomic mass is 9.85. The number of amides is 6. The molecule has 18 nitrogen and oxygen atoms in total. The molecule has 8 rings (SSSR count). The second kappa shape index (κ2) is 23.8. The van der Waals surface area contributed by atoms with Crippen LogP contribution in [0.15, 0.2) is 48.0 Å². The van der Waals surface area contributed by atoms with Gasteiger partial charge in [-0.3, -0.25) is 28.8 Å². The molecule has 5 heterocycles. The van der Waals surface area contributed by atoms with Crippen molar-refractivity contribution in [3.05, 3.63) is 70.7 Å². The average Bonchev–Trinajstić information content (AvgIpc) is 3.68. The number of carbonyl (C=O) groups excluding carboxylic acids is 6. The number of carbonyl (C=O) groups is 6. The van der Waals surface area contributed by atoms with E-state index < -0.39 is 94.9 Å². The number of aryl methyl sites for hydroxylation is 1. The Balaban J connectivity index is 0.840. The third kappa shape index (κ3) is 13.6. The SMILES string of the molecule is Cc1cnsc1-c1ccc(C(CC(=O)NCCCC(=O)N2CCCC(NC(=O)COc3c(-c4csc(N5CCOCC5)n4)ccc(F)c3F)C2)NC(=O)C2C[C@@H](O)CN2C(=O)[C@@H](NC(=O)C2(F)CC2)C(C)(C)C)cc1. The molecule has 4 aliphatic rings. The Hall–Kier alpha value is -6.17. The Kier molecular flexibility index (Phi) is 17.5. The van der Waals surface area contributed by atoms with E-state index in [1.807, 2.05) is 24.0 Å². The summed E-state index contributed by atoms with van der Waals surface area (Å²) in [4.78, 5) is 91.8. The van der Waals surface area contributed by atoms with Crippen LogP contribution < -0.4 is 30.9 Å². The molecule has 5 N–H and O–H groups in total. The number of benzene rings is 2. The van der Waals surface area contributed by atoms with Gasteiger partial charge < -0.3 is 50.5 Å². The highest BCUT2D eigenvalue weighted by Crippen LogP contribution is 2.41. The van der Waals surface area contributed by atoms with Crippen LogP contribution in [0.1, 0.15) is 89.3 Å². The number of nitrogens with zero attached hydrogens (tertiary/aromatic N) is 5. The van der Waals surface area contributed by atoms with E-state index in [2.05, 4.69) is 30.6 Å². The van der Waals surface area contributed by atoms with E-state index in [4.69, 9.17) is 9.47 Å². The van der Waals surface area contributed by atoms with Crippen molar-refractivity contribution in [2.24, 2.45) is 5.41 Å². The number of halogens is 3. The number of aromatic nitrogens is 2. The maximum atomic E-state index is 15.2. The Morgan fingerprint density at radius 1 is 0.987 bits per heavy atom. The van der Waals surface area contributed by atoms with E-state index in [-0.39, 0.29) is 69.6 Å². The third-order valence-corrected chi connectivity index (χ3v) is 15.7. The van der Waals surface area contributed by atoms with Crippen molar-refractivity contribution in [2.75, 3.05) is 64.0 Å². The summed E-state index contributed by atoms with van der Waals surface area (Å²) in [5.74, 6) is -6.15. The molecule has 2 aromatic carbocycles. The van der Waals surface area contributed by atoms with Gasteiger partial charge in [0.25, 0.3) is 11.8 Å². The molecule has 1 aliphatic carbocycles. The molecule has 3 unspecified atom stereocenters. The van der Waals surface area contributed by atoms with Gasteiger partial charge in [-0.15, -0.1) is 11.3 Å². The fourth-order valence-electron chi connectivity index (χ4n) is 9.45. The number of ether oxygens (including phenoxy) is 2. The van der Waals surface area contributed by atoms with Crippen LogP contribution in [0.5, 0.6) is 5.75 Å². The van der Waals surface area contributed by atoms with E-state index in [0.717, 1.165) is 22.1 Å². The zero-order valence-corrected chi connectivity index (χ0v) is 44.1. The van der Waals surface area contributed by atoms with E-state index in [0.29, 0.717) is 62.1 Å². The summed E-state index contributed by atoms with van der Waals surface area (Å²) in [6.45, 7) is 9.48. The van der Waals surface area contributed by atoms with Gasteiger partial charge in [-0.2, -0.15) is 4.39 Å². The standard InChI is InChI=1S/C52H64F3N9O9S2/c1-30-25-57-75-45(30)32-11-9-31(10-12-32)37(59-47(69)39-23-34(65)27-64(39)48(70)46(51(2,3)4)61-49(71)52(55)15-16-52)24-40(66)56-17-5-8-42(68)63-18-6-7-33(26-63)58-41(67)28-73-44-35(13-14-36(53)43(44)54)38-29-74-50(60-38)62-19-21-72-22-20-62/h9-14,25,29,33-34,37,39,46,65H,5-8,15-24,26-28H2,1-4H3,(H,56,66)(H,58,67)(H,59,69)(H,61,71)/t33?,34-,37?,39?,46-/m1/s1. The molecule has 6 amide bonds. The number of anilines is 1. The Labute approximate surface area is 441 Å². The number of β-amino-alcohol motifs (C(OH)–C–C–N with tert-alkyl or cyclic N) is 1. The Morgan fingerprint density at radius 3 is 2.43 bits per heavy atom. The number of aliphatic hydroxyl groups excluding tert-OH is 1. The lowest BCUT2D eigenvalue weighted by molar-refractivity contribution is -0.145. The van der Waals surface area contributed by atoms with E-state index >= 15 is 4.39 Å². The molecule has 3 saturated heterocycles. The summed E-state index contributed by atoms with van der Waals surface area (Å²) in [5.41, 5.74) is 0.128. The van der Waals surface area contributed by atoms with Crippen LogP contribution in [0.4, 0.5) is 18.3 Å². The summed E-state index contributed by atoms with van der Waals surface area (Å²) in [6.07, 6.45) is 2.04. The zero-order chi connectivity index (χ0) is 53.6. The highest BCUT2D eigenvalue weighted by molar-refractivity contribution is 7.14. The molecule has 3 aliphatic heterocycles. The first-order valence-corrected chi connectivity index (χ1v) is 27.0. The summed E-state index contributed by atoms with van der Waals surface area (Å²) < 4.78 is 59.6. The first-order valence-electron chi connectivity index (χ1n) is 25.3. The summed E-state index contributed by atoms with van der Waals surface area (Å²) in [7, 11) is 0. The monoisotopic (exact) mass is 1080 g/mol. The van der Waals surface area contributed by atoms with Crippen LogP contribution in [-0.4, -0.2) is 149 Å². The van der Waals surface area contributed by atoms with E-state index in [1.54, 1.807) is 49.4 Å². The molecular formula is C52H64F3N9O9S2. The Bertz CT molecular complexity index is 2730.